The monoisotopic (exact) mass is 340 g/mol. The number of carboxylic acid groups (broad SMARTS) is 2. The zero-order chi connectivity index (χ0) is 18.0. The van der Waals surface area contributed by atoms with Crippen molar-refractivity contribution in [1.82, 2.24) is 0 Å². The highest BCUT2D eigenvalue weighted by Crippen LogP contribution is 2.42. The predicted octanol–water partition coefficient (Wildman–Crippen LogP) is 5.13. The molecule has 0 saturated carbocycles. The maximum Gasteiger partial charge on any atom is 0.336 e. The molecule has 0 aliphatic heterocycles. The Kier molecular flexibility index (Phi) is 2.78. The SMILES string of the molecule is O=C(O)c1ccc2cccc3c4cccc5ccc(C(=O)O)c(c1c23)c54. The zero-order valence-corrected chi connectivity index (χ0v) is 13.5. The zero-order valence-electron chi connectivity index (χ0n) is 13.5. The molecule has 5 aromatic carbocycles. The van der Waals surface area contributed by atoms with Gasteiger partial charge >= 0.3 is 11.9 Å². The van der Waals surface area contributed by atoms with Crippen molar-refractivity contribution < 1.29 is 19.8 Å². The van der Waals surface area contributed by atoms with E-state index in [1.807, 2.05) is 36.4 Å². The molecule has 2 N–H and O–H groups in total. The molecule has 0 aliphatic carbocycles. The normalized spacial score (nSPS) is 11.7. The second-order valence-corrected chi connectivity index (χ2v) is 6.39. The Hall–Kier alpha value is -3.66. The lowest BCUT2D eigenvalue weighted by Gasteiger charge is -2.17. The van der Waals surface area contributed by atoms with Crippen LogP contribution in [0.2, 0.25) is 0 Å². The molecule has 4 heteroatoms. The number of benzene rings is 5. The summed E-state index contributed by atoms with van der Waals surface area (Å²) < 4.78 is 0. The minimum Gasteiger partial charge on any atom is -0.478 e. The van der Waals surface area contributed by atoms with E-state index in [1.54, 1.807) is 24.3 Å². The lowest BCUT2D eigenvalue weighted by molar-refractivity contribution is 0.0687. The van der Waals surface area contributed by atoms with Crippen LogP contribution in [0.1, 0.15) is 20.7 Å². The lowest BCUT2D eigenvalue weighted by atomic mass is 9.86. The maximum atomic E-state index is 11.9. The summed E-state index contributed by atoms with van der Waals surface area (Å²) in [7, 11) is 0. The van der Waals surface area contributed by atoms with Gasteiger partial charge in [0.05, 0.1) is 11.1 Å². The number of carbonyl (C=O) groups is 2. The van der Waals surface area contributed by atoms with Gasteiger partial charge in [-0.15, -0.1) is 0 Å². The Labute approximate surface area is 147 Å². The van der Waals surface area contributed by atoms with Crippen LogP contribution in [0.3, 0.4) is 0 Å². The van der Waals surface area contributed by atoms with Gasteiger partial charge in [0.15, 0.2) is 0 Å². The fourth-order valence-electron chi connectivity index (χ4n) is 4.08. The van der Waals surface area contributed by atoms with Crippen LogP contribution in [0.25, 0.3) is 43.1 Å². The van der Waals surface area contributed by atoms with Crippen LogP contribution < -0.4 is 0 Å². The second kappa shape index (κ2) is 4.92. The highest BCUT2D eigenvalue weighted by molar-refractivity contribution is 6.37. The first kappa shape index (κ1) is 14.7. The van der Waals surface area contributed by atoms with Crippen LogP contribution in [0.15, 0.2) is 60.7 Å². The Morgan fingerprint density at radius 2 is 0.962 bits per heavy atom. The van der Waals surface area contributed by atoms with E-state index in [-0.39, 0.29) is 11.1 Å². The first-order chi connectivity index (χ1) is 12.6. The number of hydrogen-bond acceptors (Lipinski definition) is 2. The van der Waals surface area contributed by atoms with E-state index in [0.717, 1.165) is 32.3 Å². The third kappa shape index (κ3) is 1.73. The van der Waals surface area contributed by atoms with E-state index in [0.29, 0.717) is 10.8 Å². The van der Waals surface area contributed by atoms with Crippen LogP contribution in [-0.4, -0.2) is 22.2 Å². The van der Waals surface area contributed by atoms with Gasteiger partial charge in [0.25, 0.3) is 0 Å². The molecule has 0 bridgehead atoms. The van der Waals surface area contributed by atoms with Crippen LogP contribution >= 0.6 is 0 Å². The molecule has 0 aliphatic rings. The van der Waals surface area contributed by atoms with Crippen molar-refractivity contribution in [2.75, 3.05) is 0 Å². The van der Waals surface area contributed by atoms with E-state index in [2.05, 4.69) is 0 Å². The van der Waals surface area contributed by atoms with Gasteiger partial charge in [-0.2, -0.15) is 0 Å². The summed E-state index contributed by atoms with van der Waals surface area (Å²) in [5.74, 6) is -2.13. The fraction of sp³-hybridized carbons (Fsp3) is 0. The molecule has 0 aromatic heterocycles. The number of fused-ring (bicyclic) bond motifs is 2. The number of rotatable bonds is 2. The van der Waals surface area contributed by atoms with Crippen molar-refractivity contribution in [2.45, 2.75) is 0 Å². The second-order valence-electron chi connectivity index (χ2n) is 6.39. The molecular formula is C22H12O4. The Bertz CT molecular complexity index is 1270. The summed E-state index contributed by atoms with van der Waals surface area (Å²) in [5.41, 5.74) is 0.240. The summed E-state index contributed by atoms with van der Waals surface area (Å²) in [4.78, 5) is 23.8. The van der Waals surface area contributed by atoms with Gasteiger partial charge in [-0.1, -0.05) is 48.5 Å². The van der Waals surface area contributed by atoms with Crippen molar-refractivity contribution in [2.24, 2.45) is 0 Å². The van der Waals surface area contributed by atoms with Gasteiger partial charge in [0, 0.05) is 10.8 Å². The third-order valence-electron chi connectivity index (χ3n) is 5.09. The van der Waals surface area contributed by atoms with Crippen molar-refractivity contribution >= 4 is 55.0 Å². The molecule has 0 radical (unpaired) electrons. The Morgan fingerprint density at radius 1 is 0.538 bits per heavy atom. The molecule has 0 heterocycles. The van der Waals surface area contributed by atoms with E-state index in [1.165, 1.54) is 0 Å². The minimum absolute atomic E-state index is 0.120. The summed E-state index contributed by atoms with van der Waals surface area (Å²) >= 11 is 0. The first-order valence-corrected chi connectivity index (χ1v) is 8.16. The quantitative estimate of drug-likeness (QED) is 0.345. The average Bonchev–Trinajstić information content (AvgIpc) is 2.64. The van der Waals surface area contributed by atoms with Crippen LogP contribution in [-0.2, 0) is 0 Å². The van der Waals surface area contributed by atoms with Crippen molar-refractivity contribution in [3.8, 4) is 0 Å². The third-order valence-corrected chi connectivity index (χ3v) is 5.09. The molecule has 5 aromatic rings. The molecule has 0 spiro atoms. The van der Waals surface area contributed by atoms with Gasteiger partial charge in [0.1, 0.15) is 0 Å². The summed E-state index contributed by atoms with van der Waals surface area (Å²) in [6, 6.07) is 18.3. The highest BCUT2D eigenvalue weighted by atomic mass is 16.4. The maximum absolute atomic E-state index is 11.9. The predicted molar refractivity (Wildman–Crippen MR) is 102 cm³/mol. The van der Waals surface area contributed by atoms with E-state index < -0.39 is 11.9 Å². The van der Waals surface area contributed by atoms with Crippen LogP contribution in [0.5, 0.6) is 0 Å². The minimum atomic E-state index is -1.07. The number of carboxylic acids is 2. The largest absolute Gasteiger partial charge is 0.478 e. The smallest absolute Gasteiger partial charge is 0.336 e. The van der Waals surface area contributed by atoms with E-state index in [4.69, 9.17) is 0 Å². The molecule has 4 nitrogen and oxygen atoms in total. The lowest BCUT2D eigenvalue weighted by Crippen LogP contribution is -2.03. The van der Waals surface area contributed by atoms with Gasteiger partial charge < -0.3 is 10.2 Å². The van der Waals surface area contributed by atoms with E-state index >= 15 is 0 Å². The van der Waals surface area contributed by atoms with Crippen LogP contribution in [0, 0.1) is 0 Å². The molecule has 0 amide bonds. The Morgan fingerprint density at radius 3 is 1.35 bits per heavy atom. The van der Waals surface area contributed by atoms with E-state index in [9.17, 15) is 19.8 Å². The average molecular weight is 340 g/mol. The van der Waals surface area contributed by atoms with Crippen molar-refractivity contribution in [3.63, 3.8) is 0 Å². The molecular weight excluding hydrogens is 328 g/mol. The number of hydrogen-bond donors (Lipinski definition) is 2. The molecule has 0 atom stereocenters. The molecule has 26 heavy (non-hydrogen) atoms. The number of aromatic carboxylic acids is 2. The van der Waals surface area contributed by atoms with Gasteiger partial charge in [-0.05, 0) is 44.5 Å². The topological polar surface area (TPSA) is 74.6 Å². The standard InChI is InChI=1S/C22H12O4/c23-21(24)15-9-7-11-3-1-5-13-14-6-2-4-12-8-10-16(22(25)26)20(18(12)14)19(15)17(11)13/h1-10H,(H,23,24)(H,25,26). The van der Waals surface area contributed by atoms with Gasteiger partial charge in [0.2, 0.25) is 0 Å². The summed E-state index contributed by atoms with van der Waals surface area (Å²) in [6.07, 6.45) is 0. The highest BCUT2D eigenvalue weighted by Gasteiger charge is 2.22. The molecule has 0 saturated heterocycles. The molecule has 5 rings (SSSR count). The summed E-state index contributed by atoms with van der Waals surface area (Å²) in [6.45, 7) is 0. The van der Waals surface area contributed by atoms with Crippen molar-refractivity contribution in [1.29, 1.82) is 0 Å². The molecule has 0 unspecified atom stereocenters. The first-order valence-electron chi connectivity index (χ1n) is 8.16. The van der Waals surface area contributed by atoms with Gasteiger partial charge in [-0.25, -0.2) is 9.59 Å². The fourth-order valence-corrected chi connectivity index (χ4v) is 4.08. The molecule has 0 fully saturated rings. The Balaban J connectivity index is 2.29. The van der Waals surface area contributed by atoms with Gasteiger partial charge in [-0.3, -0.25) is 0 Å². The van der Waals surface area contributed by atoms with Crippen molar-refractivity contribution in [3.05, 3.63) is 71.8 Å². The van der Waals surface area contributed by atoms with Crippen LogP contribution in [0.4, 0.5) is 0 Å². The summed E-state index contributed by atoms with van der Waals surface area (Å²) in [5, 5.41) is 25.7. The molecule has 124 valence electrons.